The van der Waals surface area contributed by atoms with Gasteiger partial charge in [0.2, 0.25) is 5.91 Å². The number of nitrogens with one attached hydrogen (secondary N) is 2. The summed E-state index contributed by atoms with van der Waals surface area (Å²) in [5.41, 5.74) is 3.66. The molecule has 3 aromatic heterocycles. The van der Waals surface area contributed by atoms with Crippen LogP contribution in [0.2, 0.25) is 0 Å². The average Bonchev–Trinajstić information content (AvgIpc) is 3.40. The van der Waals surface area contributed by atoms with Crippen molar-refractivity contribution in [3.63, 3.8) is 0 Å². The molecule has 2 atom stereocenters. The van der Waals surface area contributed by atoms with E-state index in [1.807, 2.05) is 37.5 Å². The van der Waals surface area contributed by atoms with Gasteiger partial charge in [-0.1, -0.05) is 19.8 Å². The second-order valence-electron chi connectivity index (χ2n) is 10.9. The molecule has 4 heterocycles. The number of likely N-dealkylation sites (tertiary alicyclic amines) is 1. The summed E-state index contributed by atoms with van der Waals surface area (Å²) >= 11 is 0. The summed E-state index contributed by atoms with van der Waals surface area (Å²) in [6, 6.07) is 5.65. The van der Waals surface area contributed by atoms with Crippen LogP contribution in [0.1, 0.15) is 76.6 Å². The SMILES string of the molecule is CCC(=O)CCCCC[C@H](NC(=O)[C@H]1CC12CCN(C)CC2)c1ncc(-c2cnc3cccnc3c2)[nH]1. The normalized spacial score (nSPS) is 19.7. The molecule has 1 aliphatic heterocycles. The number of unbranched alkanes of at least 4 members (excludes halogenated alkanes) is 2. The number of piperidine rings is 1. The Labute approximate surface area is 218 Å². The average molecular weight is 503 g/mol. The highest BCUT2D eigenvalue weighted by molar-refractivity contribution is 5.83. The number of rotatable bonds is 11. The van der Waals surface area contributed by atoms with Crippen molar-refractivity contribution in [3.8, 4) is 11.3 Å². The van der Waals surface area contributed by atoms with E-state index >= 15 is 0 Å². The van der Waals surface area contributed by atoms with Gasteiger partial charge < -0.3 is 15.2 Å². The van der Waals surface area contributed by atoms with E-state index in [4.69, 9.17) is 0 Å². The Morgan fingerprint density at radius 2 is 1.97 bits per heavy atom. The standard InChI is InChI=1S/C29H38N6O2/c1-3-21(36)8-5-4-6-9-24(34-28(37)22-17-29(22)11-14-35(2)15-12-29)27-32-19-26(33-27)20-16-25-23(31-18-20)10-7-13-30-25/h7,10,13,16,18-19,22,24H,3-6,8-9,11-12,14-15,17H2,1-2H3,(H,32,33)(H,34,37)/t22-,24+/m1/s1. The van der Waals surface area contributed by atoms with Crippen LogP contribution in [0.15, 0.2) is 36.8 Å². The first kappa shape index (κ1) is 25.5. The van der Waals surface area contributed by atoms with Crippen molar-refractivity contribution in [2.45, 2.75) is 70.8 Å². The van der Waals surface area contributed by atoms with Crippen LogP contribution in [0.25, 0.3) is 22.3 Å². The highest BCUT2D eigenvalue weighted by Gasteiger charge is 2.58. The molecule has 196 valence electrons. The van der Waals surface area contributed by atoms with Gasteiger partial charge in [-0.3, -0.25) is 19.6 Å². The van der Waals surface area contributed by atoms with Gasteiger partial charge in [-0.15, -0.1) is 0 Å². The summed E-state index contributed by atoms with van der Waals surface area (Å²) in [7, 11) is 2.16. The van der Waals surface area contributed by atoms with Gasteiger partial charge in [-0.25, -0.2) is 4.98 Å². The molecule has 1 saturated carbocycles. The van der Waals surface area contributed by atoms with Gasteiger partial charge in [0, 0.05) is 36.7 Å². The predicted octanol–water partition coefficient (Wildman–Crippen LogP) is 4.84. The Kier molecular flexibility index (Phi) is 7.65. The molecule has 0 unspecified atom stereocenters. The van der Waals surface area contributed by atoms with Crippen LogP contribution in [-0.4, -0.2) is 56.7 Å². The summed E-state index contributed by atoms with van der Waals surface area (Å²) in [5, 5.41) is 3.34. The number of carbonyl (C=O) groups excluding carboxylic acids is 2. The van der Waals surface area contributed by atoms with E-state index in [9.17, 15) is 9.59 Å². The lowest BCUT2D eigenvalue weighted by Gasteiger charge is -2.30. The number of amides is 1. The number of imidazole rings is 1. The lowest BCUT2D eigenvalue weighted by Crippen LogP contribution is -2.36. The molecule has 8 heteroatoms. The van der Waals surface area contributed by atoms with E-state index in [1.165, 1.54) is 0 Å². The van der Waals surface area contributed by atoms with Crippen molar-refractivity contribution in [2.75, 3.05) is 20.1 Å². The van der Waals surface area contributed by atoms with Gasteiger partial charge in [-0.05, 0) is 75.9 Å². The first-order valence-electron chi connectivity index (χ1n) is 13.7. The summed E-state index contributed by atoms with van der Waals surface area (Å²) < 4.78 is 0. The minimum Gasteiger partial charge on any atom is -0.346 e. The Balaban J connectivity index is 1.27. The van der Waals surface area contributed by atoms with E-state index in [0.717, 1.165) is 86.2 Å². The van der Waals surface area contributed by atoms with E-state index in [2.05, 4.69) is 37.2 Å². The second-order valence-corrected chi connectivity index (χ2v) is 10.9. The largest absolute Gasteiger partial charge is 0.346 e. The maximum Gasteiger partial charge on any atom is 0.224 e. The molecule has 1 amide bonds. The summed E-state index contributed by atoms with van der Waals surface area (Å²) in [4.78, 5) is 44.4. The highest BCUT2D eigenvalue weighted by atomic mass is 16.2. The number of aromatic amines is 1. The molecule has 1 spiro atoms. The zero-order chi connectivity index (χ0) is 25.8. The third-order valence-corrected chi connectivity index (χ3v) is 8.34. The molecule has 2 N–H and O–H groups in total. The van der Waals surface area contributed by atoms with Gasteiger partial charge in [-0.2, -0.15) is 0 Å². The number of fused-ring (bicyclic) bond motifs is 1. The van der Waals surface area contributed by atoms with Crippen molar-refractivity contribution in [1.82, 2.24) is 30.2 Å². The topological polar surface area (TPSA) is 104 Å². The number of pyridine rings is 2. The third kappa shape index (κ3) is 5.90. The zero-order valence-corrected chi connectivity index (χ0v) is 22.0. The summed E-state index contributed by atoms with van der Waals surface area (Å²) in [5.74, 6) is 1.35. The van der Waals surface area contributed by atoms with Crippen LogP contribution < -0.4 is 5.32 Å². The lowest BCUT2D eigenvalue weighted by molar-refractivity contribution is -0.124. The number of ketones is 1. The zero-order valence-electron chi connectivity index (χ0n) is 22.0. The molecular weight excluding hydrogens is 464 g/mol. The molecule has 5 rings (SSSR count). The molecule has 0 aromatic carbocycles. The molecule has 8 nitrogen and oxygen atoms in total. The molecule has 1 saturated heterocycles. The predicted molar refractivity (Wildman–Crippen MR) is 144 cm³/mol. The maximum atomic E-state index is 13.4. The van der Waals surface area contributed by atoms with Crippen LogP contribution in [0.4, 0.5) is 0 Å². The number of aromatic nitrogens is 4. The number of hydrogen-bond acceptors (Lipinski definition) is 6. The number of carbonyl (C=O) groups is 2. The fraction of sp³-hybridized carbons (Fsp3) is 0.552. The van der Waals surface area contributed by atoms with Crippen LogP contribution in [0, 0.1) is 11.3 Å². The van der Waals surface area contributed by atoms with E-state index < -0.39 is 0 Å². The van der Waals surface area contributed by atoms with E-state index in [-0.39, 0.29) is 23.3 Å². The first-order chi connectivity index (χ1) is 18.0. The van der Waals surface area contributed by atoms with Gasteiger partial charge in [0.1, 0.15) is 11.6 Å². The minimum absolute atomic E-state index is 0.107. The molecular formula is C29H38N6O2. The van der Waals surface area contributed by atoms with Gasteiger partial charge in [0.25, 0.3) is 0 Å². The molecule has 3 aromatic rings. The summed E-state index contributed by atoms with van der Waals surface area (Å²) in [6.45, 7) is 4.05. The fourth-order valence-corrected chi connectivity index (χ4v) is 5.67. The van der Waals surface area contributed by atoms with Gasteiger partial charge >= 0.3 is 0 Å². The Hall–Kier alpha value is -3.13. The highest BCUT2D eigenvalue weighted by Crippen LogP contribution is 2.59. The molecule has 0 radical (unpaired) electrons. The van der Waals surface area contributed by atoms with Crippen LogP contribution in [0.5, 0.6) is 0 Å². The number of hydrogen-bond donors (Lipinski definition) is 2. The van der Waals surface area contributed by atoms with Gasteiger partial charge in [0.05, 0.1) is 29.0 Å². The van der Waals surface area contributed by atoms with E-state index in [0.29, 0.717) is 18.6 Å². The molecule has 37 heavy (non-hydrogen) atoms. The second kappa shape index (κ2) is 11.1. The third-order valence-electron chi connectivity index (χ3n) is 8.34. The van der Waals surface area contributed by atoms with Crippen LogP contribution in [0.3, 0.4) is 0 Å². The first-order valence-corrected chi connectivity index (χ1v) is 13.7. The minimum atomic E-state index is -0.182. The van der Waals surface area contributed by atoms with Crippen molar-refractivity contribution in [2.24, 2.45) is 11.3 Å². The number of H-pyrrole nitrogens is 1. The van der Waals surface area contributed by atoms with Crippen LogP contribution >= 0.6 is 0 Å². The molecule has 2 fully saturated rings. The van der Waals surface area contributed by atoms with Crippen LogP contribution in [-0.2, 0) is 9.59 Å². The van der Waals surface area contributed by atoms with Crippen molar-refractivity contribution in [3.05, 3.63) is 42.6 Å². The molecule has 2 aliphatic rings. The smallest absolute Gasteiger partial charge is 0.224 e. The lowest BCUT2D eigenvalue weighted by atomic mass is 9.91. The molecule has 1 aliphatic carbocycles. The van der Waals surface area contributed by atoms with E-state index in [1.54, 1.807) is 6.20 Å². The van der Waals surface area contributed by atoms with Gasteiger partial charge in [0.15, 0.2) is 0 Å². The maximum absolute atomic E-state index is 13.4. The monoisotopic (exact) mass is 502 g/mol. The Morgan fingerprint density at radius 3 is 2.78 bits per heavy atom. The molecule has 0 bridgehead atoms. The number of nitrogens with zero attached hydrogens (tertiary/aromatic N) is 4. The summed E-state index contributed by atoms with van der Waals surface area (Å²) in [6.07, 6.45) is 13.4. The van der Waals surface area contributed by atoms with Crippen molar-refractivity contribution < 1.29 is 9.59 Å². The van der Waals surface area contributed by atoms with Crippen molar-refractivity contribution >= 4 is 22.7 Å². The van der Waals surface area contributed by atoms with Crippen molar-refractivity contribution in [1.29, 1.82) is 0 Å². The number of Topliss-reactive ketones (excluding diaryl/α,β-unsaturated/α-hetero) is 1. The Morgan fingerprint density at radius 1 is 1.14 bits per heavy atom. The quantitative estimate of drug-likeness (QED) is 0.364. The fourth-order valence-electron chi connectivity index (χ4n) is 5.67. The Bertz CT molecular complexity index is 1250.